The first-order valence-electron chi connectivity index (χ1n) is 7.15. The third kappa shape index (κ3) is 2.61. The van der Waals surface area contributed by atoms with E-state index >= 15 is 0 Å². The fourth-order valence-corrected chi connectivity index (χ4v) is 3.10. The number of ether oxygens (including phenoxy) is 2. The summed E-state index contributed by atoms with van der Waals surface area (Å²) in [6.07, 6.45) is 2.93. The van der Waals surface area contributed by atoms with Crippen molar-refractivity contribution in [3.8, 4) is 11.5 Å². The largest absolute Gasteiger partial charge is 0.493 e. The van der Waals surface area contributed by atoms with E-state index in [0.717, 1.165) is 34.6 Å². The molecular weight excluding hydrogens is 300 g/mol. The van der Waals surface area contributed by atoms with E-state index in [2.05, 4.69) is 28.4 Å². The van der Waals surface area contributed by atoms with Gasteiger partial charge < -0.3 is 14.8 Å². The summed E-state index contributed by atoms with van der Waals surface area (Å²) in [6, 6.07) is 6.50. The van der Waals surface area contributed by atoms with E-state index in [9.17, 15) is 0 Å². The molecule has 0 aliphatic carbocycles. The fraction of sp³-hybridized carbons (Fsp3) is 0.467. The summed E-state index contributed by atoms with van der Waals surface area (Å²) in [4.78, 5) is 4.52. The lowest BCUT2D eigenvalue weighted by Crippen LogP contribution is -2.31. The molecule has 0 spiro atoms. The molecule has 0 fully saturated rings. The van der Waals surface area contributed by atoms with Gasteiger partial charge in [0.05, 0.1) is 20.3 Å². The van der Waals surface area contributed by atoms with Crippen molar-refractivity contribution in [1.29, 1.82) is 0 Å². The van der Waals surface area contributed by atoms with Crippen LogP contribution in [-0.2, 0) is 0 Å². The average molecular weight is 320 g/mol. The van der Waals surface area contributed by atoms with Crippen LogP contribution in [-0.4, -0.2) is 41.3 Å². The van der Waals surface area contributed by atoms with Gasteiger partial charge in [-0.25, -0.2) is 4.68 Å². The summed E-state index contributed by atoms with van der Waals surface area (Å²) in [5.41, 5.74) is 1.14. The molecule has 1 aromatic carbocycles. The molecule has 0 bridgehead atoms. The molecule has 7 heteroatoms. The second kappa shape index (κ2) is 6.08. The second-order valence-electron chi connectivity index (χ2n) is 5.28. The van der Waals surface area contributed by atoms with Crippen LogP contribution in [0.4, 0.5) is 5.95 Å². The molecule has 3 rings (SSSR count). The summed E-state index contributed by atoms with van der Waals surface area (Å²) < 4.78 is 12.7. The van der Waals surface area contributed by atoms with Gasteiger partial charge in [0.1, 0.15) is 0 Å². The third-order valence-electron chi connectivity index (χ3n) is 3.83. The Morgan fingerprint density at radius 1 is 1.27 bits per heavy atom. The monoisotopic (exact) mass is 320 g/mol. The lowest BCUT2D eigenvalue weighted by molar-refractivity contribution is 0.352. The van der Waals surface area contributed by atoms with Crippen molar-refractivity contribution in [2.24, 2.45) is 0 Å². The number of nitrogens with zero attached hydrogens (tertiary/aromatic N) is 3. The molecule has 2 aromatic rings. The van der Waals surface area contributed by atoms with Crippen molar-refractivity contribution >= 4 is 17.7 Å². The van der Waals surface area contributed by atoms with Gasteiger partial charge in [0.15, 0.2) is 11.5 Å². The number of thioether (sulfide) groups is 1. The molecule has 1 aromatic heterocycles. The standard InChI is InChI=1S/C15H20N4O2S/c1-9-7-11(19-14(16-9)17-15(18-19)22-4)10-5-6-12(20-2)13(8-10)21-3/h5-6,8-9,11H,7H2,1-4H3,(H,16,17,18)/t9-,11-/m1/s1. The normalized spacial score (nSPS) is 20.2. The minimum Gasteiger partial charge on any atom is -0.493 e. The Labute approximate surface area is 134 Å². The molecule has 0 radical (unpaired) electrons. The molecular formula is C15H20N4O2S. The summed E-state index contributed by atoms with van der Waals surface area (Å²) in [6.45, 7) is 2.16. The molecule has 1 aliphatic heterocycles. The van der Waals surface area contributed by atoms with Crippen molar-refractivity contribution in [2.75, 3.05) is 25.8 Å². The van der Waals surface area contributed by atoms with Crippen LogP contribution in [0.15, 0.2) is 23.4 Å². The van der Waals surface area contributed by atoms with Gasteiger partial charge in [-0.05, 0) is 37.3 Å². The Morgan fingerprint density at radius 3 is 2.73 bits per heavy atom. The van der Waals surface area contributed by atoms with Gasteiger partial charge >= 0.3 is 0 Å². The van der Waals surface area contributed by atoms with Gasteiger partial charge in [0.25, 0.3) is 0 Å². The highest BCUT2D eigenvalue weighted by atomic mass is 32.2. The maximum atomic E-state index is 5.42. The Kier molecular flexibility index (Phi) is 4.15. The van der Waals surface area contributed by atoms with Crippen LogP contribution >= 0.6 is 11.8 Å². The predicted octanol–water partition coefficient (Wildman–Crippen LogP) is 2.81. The zero-order valence-corrected chi connectivity index (χ0v) is 14.0. The van der Waals surface area contributed by atoms with Crippen LogP contribution in [0.3, 0.4) is 0 Å². The first-order chi connectivity index (χ1) is 10.7. The highest BCUT2D eigenvalue weighted by Crippen LogP contribution is 2.36. The maximum Gasteiger partial charge on any atom is 0.222 e. The number of hydrogen-bond donors (Lipinski definition) is 1. The maximum absolute atomic E-state index is 5.42. The number of nitrogens with one attached hydrogen (secondary N) is 1. The second-order valence-corrected chi connectivity index (χ2v) is 6.05. The first kappa shape index (κ1) is 15.0. The molecule has 2 heterocycles. The van der Waals surface area contributed by atoms with Gasteiger partial charge in [-0.2, -0.15) is 4.98 Å². The Hall–Kier alpha value is -1.89. The minimum absolute atomic E-state index is 0.138. The van der Waals surface area contributed by atoms with Crippen molar-refractivity contribution in [2.45, 2.75) is 30.6 Å². The molecule has 1 aliphatic rings. The SMILES string of the molecule is COc1ccc([C@H]2C[C@@H](C)Nc3nc(SC)nn32)cc1OC. The quantitative estimate of drug-likeness (QED) is 0.874. The van der Waals surface area contributed by atoms with E-state index in [1.807, 2.05) is 23.1 Å². The van der Waals surface area contributed by atoms with Crippen molar-refractivity contribution in [3.05, 3.63) is 23.8 Å². The first-order valence-corrected chi connectivity index (χ1v) is 8.37. The highest BCUT2D eigenvalue weighted by molar-refractivity contribution is 7.98. The van der Waals surface area contributed by atoms with Crippen LogP contribution in [0.2, 0.25) is 0 Å². The number of rotatable bonds is 4. The lowest BCUT2D eigenvalue weighted by Gasteiger charge is -2.29. The number of benzene rings is 1. The lowest BCUT2D eigenvalue weighted by atomic mass is 9.98. The van der Waals surface area contributed by atoms with Crippen molar-refractivity contribution < 1.29 is 9.47 Å². The average Bonchev–Trinajstić information content (AvgIpc) is 2.96. The molecule has 118 valence electrons. The summed E-state index contributed by atoms with van der Waals surface area (Å²) in [7, 11) is 3.30. The number of hydrogen-bond acceptors (Lipinski definition) is 6. The van der Waals surface area contributed by atoms with E-state index in [-0.39, 0.29) is 6.04 Å². The van der Waals surface area contributed by atoms with Crippen LogP contribution in [0.1, 0.15) is 24.9 Å². The Bertz CT molecular complexity index is 674. The number of anilines is 1. The van der Waals surface area contributed by atoms with Gasteiger partial charge in [-0.1, -0.05) is 17.8 Å². The fourth-order valence-electron chi connectivity index (χ4n) is 2.76. The van der Waals surface area contributed by atoms with Crippen LogP contribution in [0.25, 0.3) is 0 Å². The van der Waals surface area contributed by atoms with Gasteiger partial charge in [0, 0.05) is 6.04 Å². The van der Waals surface area contributed by atoms with Crippen LogP contribution < -0.4 is 14.8 Å². The highest BCUT2D eigenvalue weighted by Gasteiger charge is 2.28. The molecule has 2 atom stereocenters. The van der Waals surface area contributed by atoms with Crippen LogP contribution in [0, 0.1) is 0 Å². The van der Waals surface area contributed by atoms with E-state index < -0.39 is 0 Å². The molecule has 0 unspecified atom stereocenters. The molecule has 0 amide bonds. The third-order valence-corrected chi connectivity index (χ3v) is 4.37. The van der Waals surface area contributed by atoms with E-state index in [4.69, 9.17) is 9.47 Å². The number of aromatic nitrogens is 3. The molecule has 6 nitrogen and oxygen atoms in total. The smallest absolute Gasteiger partial charge is 0.222 e. The Balaban J connectivity index is 2.03. The zero-order valence-electron chi connectivity index (χ0n) is 13.2. The van der Waals surface area contributed by atoms with Gasteiger partial charge in [-0.3, -0.25) is 0 Å². The summed E-state index contributed by atoms with van der Waals surface area (Å²) in [5.74, 6) is 2.29. The van der Waals surface area contributed by atoms with E-state index in [1.54, 1.807) is 26.0 Å². The van der Waals surface area contributed by atoms with E-state index in [0.29, 0.717) is 6.04 Å². The van der Waals surface area contributed by atoms with Crippen molar-refractivity contribution in [1.82, 2.24) is 14.8 Å². The molecule has 0 saturated heterocycles. The van der Waals surface area contributed by atoms with Crippen LogP contribution in [0.5, 0.6) is 11.5 Å². The number of methoxy groups -OCH3 is 2. The van der Waals surface area contributed by atoms with E-state index in [1.165, 1.54) is 0 Å². The summed E-state index contributed by atoms with van der Waals surface area (Å²) >= 11 is 1.55. The molecule has 0 saturated carbocycles. The predicted molar refractivity (Wildman–Crippen MR) is 87.2 cm³/mol. The van der Waals surface area contributed by atoms with Gasteiger partial charge in [-0.15, -0.1) is 5.10 Å². The summed E-state index contributed by atoms with van der Waals surface area (Å²) in [5, 5.41) is 8.76. The Morgan fingerprint density at radius 2 is 2.05 bits per heavy atom. The minimum atomic E-state index is 0.138. The topological polar surface area (TPSA) is 61.2 Å². The zero-order chi connectivity index (χ0) is 15.7. The number of fused-ring (bicyclic) bond motifs is 1. The molecule has 22 heavy (non-hydrogen) atoms. The van der Waals surface area contributed by atoms with Gasteiger partial charge in [0.2, 0.25) is 11.1 Å². The van der Waals surface area contributed by atoms with Crippen molar-refractivity contribution in [3.63, 3.8) is 0 Å². The molecule has 1 N–H and O–H groups in total.